The van der Waals surface area contributed by atoms with Gasteiger partial charge in [0.15, 0.2) is 5.78 Å². The van der Waals surface area contributed by atoms with Gasteiger partial charge >= 0.3 is 0 Å². The van der Waals surface area contributed by atoms with Crippen LogP contribution < -0.4 is 9.04 Å². The highest BCUT2D eigenvalue weighted by atomic mass is 32.2. The molecule has 0 bridgehead atoms. The molecule has 142 valence electrons. The van der Waals surface area contributed by atoms with E-state index in [9.17, 15) is 13.2 Å². The zero-order chi connectivity index (χ0) is 19.9. The number of rotatable bonds is 4. The number of carbonyl (C=O) groups excluding carboxylic acids is 1. The Morgan fingerprint density at radius 3 is 2.18 bits per heavy atom. The van der Waals surface area contributed by atoms with Crippen LogP contribution in [0.3, 0.4) is 0 Å². The van der Waals surface area contributed by atoms with Crippen molar-refractivity contribution < 1.29 is 17.9 Å². The minimum Gasteiger partial charge on any atom is -0.497 e. The second-order valence-electron chi connectivity index (χ2n) is 6.67. The maximum Gasteiger partial charge on any atom is 0.265 e. The number of hydrogen-bond acceptors (Lipinski definition) is 4. The molecule has 0 saturated heterocycles. The number of carbonyl (C=O) groups is 1. The lowest BCUT2D eigenvalue weighted by molar-refractivity contribution is 0.0975. The lowest BCUT2D eigenvalue weighted by Crippen LogP contribution is -2.34. The molecule has 1 heterocycles. The Morgan fingerprint density at radius 2 is 1.54 bits per heavy atom. The molecule has 6 heteroatoms. The molecule has 0 radical (unpaired) electrons. The molecular formula is C22H19NO4S. The van der Waals surface area contributed by atoms with Gasteiger partial charge in [-0.15, -0.1) is 0 Å². The summed E-state index contributed by atoms with van der Waals surface area (Å²) in [7, 11) is -2.38. The summed E-state index contributed by atoms with van der Waals surface area (Å²) in [6.45, 7) is 1.89. The SMILES string of the molecule is COc1ccc(C2C(=O)c3ccccc3N2S(=O)(=O)c2ccc(C)cc2)cc1. The maximum atomic E-state index is 13.5. The third-order valence-electron chi connectivity index (χ3n) is 4.90. The normalized spacial score (nSPS) is 16.1. The topological polar surface area (TPSA) is 63.7 Å². The summed E-state index contributed by atoms with van der Waals surface area (Å²) in [6.07, 6.45) is 0. The predicted octanol–water partition coefficient (Wildman–Crippen LogP) is 4.14. The molecule has 1 aliphatic heterocycles. The van der Waals surface area contributed by atoms with Gasteiger partial charge in [-0.05, 0) is 48.9 Å². The van der Waals surface area contributed by atoms with Crippen molar-refractivity contribution in [2.75, 3.05) is 11.4 Å². The van der Waals surface area contributed by atoms with E-state index in [1.807, 2.05) is 6.92 Å². The summed E-state index contributed by atoms with van der Waals surface area (Å²) in [5.74, 6) is 0.399. The number of fused-ring (bicyclic) bond motifs is 1. The first-order valence-corrected chi connectivity index (χ1v) is 10.3. The number of benzene rings is 3. The quantitative estimate of drug-likeness (QED) is 0.668. The van der Waals surface area contributed by atoms with Crippen LogP contribution in [-0.4, -0.2) is 21.3 Å². The maximum absolute atomic E-state index is 13.5. The molecule has 28 heavy (non-hydrogen) atoms. The number of sulfonamides is 1. The lowest BCUT2D eigenvalue weighted by atomic mass is 10.0. The molecule has 5 nitrogen and oxygen atoms in total. The van der Waals surface area contributed by atoms with E-state index >= 15 is 0 Å². The zero-order valence-corrected chi connectivity index (χ0v) is 16.3. The van der Waals surface area contributed by atoms with Crippen molar-refractivity contribution in [3.63, 3.8) is 0 Å². The van der Waals surface area contributed by atoms with Gasteiger partial charge in [-0.1, -0.05) is 42.0 Å². The van der Waals surface area contributed by atoms with E-state index in [0.29, 0.717) is 22.6 Å². The molecule has 3 aromatic rings. The van der Waals surface area contributed by atoms with Gasteiger partial charge < -0.3 is 4.74 Å². The van der Waals surface area contributed by atoms with E-state index in [2.05, 4.69) is 0 Å². The van der Waals surface area contributed by atoms with Gasteiger partial charge in [-0.2, -0.15) is 0 Å². The monoisotopic (exact) mass is 393 g/mol. The lowest BCUT2D eigenvalue weighted by Gasteiger charge is -2.26. The van der Waals surface area contributed by atoms with Gasteiger partial charge in [0.05, 0.1) is 17.7 Å². The van der Waals surface area contributed by atoms with Crippen molar-refractivity contribution in [1.29, 1.82) is 0 Å². The Labute approximate surface area is 164 Å². The minimum atomic E-state index is -3.93. The molecule has 0 saturated carbocycles. The van der Waals surface area contributed by atoms with Gasteiger partial charge in [0.1, 0.15) is 11.8 Å². The fourth-order valence-electron chi connectivity index (χ4n) is 3.43. The van der Waals surface area contributed by atoms with E-state index in [0.717, 1.165) is 5.56 Å². The zero-order valence-electron chi connectivity index (χ0n) is 15.5. The molecule has 0 spiro atoms. The van der Waals surface area contributed by atoms with Crippen molar-refractivity contribution in [3.8, 4) is 5.75 Å². The van der Waals surface area contributed by atoms with Crippen LogP contribution in [0, 0.1) is 6.92 Å². The summed E-state index contributed by atoms with van der Waals surface area (Å²) in [5, 5.41) is 0. The molecule has 0 aliphatic carbocycles. The van der Waals surface area contributed by atoms with Crippen LogP contribution >= 0.6 is 0 Å². The number of Topliss-reactive ketones (excluding diaryl/α,β-unsaturated/α-hetero) is 1. The summed E-state index contributed by atoms with van der Waals surface area (Å²) >= 11 is 0. The molecule has 0 N–H and O–H groups in total. The van der Waals surface area contributed by atoms with Crippen LogP contribution in [0.1, 0.15) is 27.5 Å². The Kier molecular flexibility index (Phi) is 4.43. The molecule has 1 aliphatic rings. The van der Waals surface area contributed by atoms with Crippen LogP contribution in [-0.2, 0) is 10.0 Å². The highest BCUT2D eigenvalue weighted by molar-refractivity contribution is 7.93. The Bertz CT molecular complexity index is 1140. The molecule has 3 aromatic carbocycles. The van der Waals surface area contributed by atoms with Gasteiger partial charge in [-0.3, -0.25) is 9.10 Å². The van der Waals surface area contributed by atoms with Crippen molar-refractivity contribution in [3.05, 3.63) is 89.5 Å². The van der Waals surface area contributed by atoms with Crippen molar-refractivity contribution in [1.82, 2.24) is 0 Å². The van der Waals surface area contributed by atoms with E-state index in [-0.39, 0.29) is 10.7 Å². The van der Waals surface area contributed by atoms with Gasteiger partial charge in [0, 0.05) is 5.56 Å². The van der Waals surface area contributed by atoms with Crippen molar-refractivity contribution >= 4 is 21.5 Å². The third-order valence-corrected chi connectivity index (χ3v) is 6.69. The second-order valence-corrected chi connectivity index (χ2v) is 8.49. The molecular weight excluding hydrogens is 374 g/mol. The standard InChI is InChI=1S/C22H19NO4S/c1-15-7-13-18(14-8-15)28(25,26)23-20-6-4-3-5-19(20)22(24)21(23)16-9-11-17(27-2)12-10-16/h3-14,21H,1-2H3. The molecule has 0 fully saturated rings. The van der Waals surface area contributed by atoms with Gasteiger partial charge in [0.25, 0.3) is 10.0 Å². The predicted molar refractivity (Wildman–Crippen MR) is 107 cm³/mol. The summed E-state index contributed by atoms with van der Waals surface area (Å²) in [4.78, 5) is 13.3. The van der Waals surface area contributed by atoms with Crippen molar-refractivity contribution in [2.45, 2.75) is 17.9 Å². The van der Waals surface area contributed by atoms with Gasteiger partial charge in [-0.25, -0.2) is 8.42 Å². The van der Waals surface area contributed by atoms with E-state index < -0.39 is 16.1 Å². The number of aryl methyl sites for hydroxylation is 1. The van der Waals surface area contributed by atoms with E-state index in [1.165, 1.54) is 4.31 Å². The Hall–Kier alpha value is -3.12. The molecule has 0 amide bonds. The van der Waals surface area contributed by atoms with Crippen LogP contribution in [0.15, 0.2) is 77.7 Å². The number of nitrogens with zero attached hydrogens (tertiary/aromatic N) is 1. The largest absolute Gasteiger partial charge is 0.497 e. The third kappa shape index (κ3) is 2.86. The summed E-state index contributed by atoms with van der Waals surface area (Å²) in [5.41, 5.74) is 2.36. The number of methoxy groups -OCH3 is 1. The Balaban J connectivity index is 1.89. The summed E-state index contributed by atoms with van der Waals surface area (Å²) in [6, 6.07) is 19.4. The number of anilines is 1. The number of para-hydroxylation sites is 1. The average molecular weight is 393 g/mol. The van der Waals surface area contributed by atoms with E-state index in [4.69, 9.17) is 4.74 Å². The molecule has 4 rings (SSSR count). The average Bonchev–Trinajstić information content (AvgIpc) is 3.02. The van der Waals surface area contributed by atoms with Crippen LogP contribution in [0.4, 0.5) is 5.69 Å². The first kappa shape index (κ1) is 18.3. The Morgan fingerprint density at radius 1 is 0.893 bits per heavy atom. The van der Waals surface area contributed by atoms with Crippen LogP contribution in [0.25, 0.3) is 0 Å². The van der Waals surface area contributed by atoms with Gasteiger partial charge in [0.2, 0.25) is 0 Å². The fourth-order valence-corrected chi connectivity index (χ4v) is 5.05. The summed E-state index contributed by atoms with van der Waals surface area (Å²) < 4.78 is 33.4. The molecule has 1 atom stereocenters. The number of ether oxygens (including phenoxy) is 1. The fraction of sp³-hybridized carbons (Fsp3) is 0.136. The highest BCUT2D eigenvalue weighted by Gasteiger charge is 2.44. The smallest absolute Gasteiger partial charge is 0.265 e. The second kappa shape index (κ2) is 6.80. The molecule has 0 aromatic heterocycles. The highest BCUT2D eigenvalue weighted by Crippen LogP contribution is 2.44. The van der Waals surface area contributed by atoms with E-state index in [1.54, 1.807) is 79.9 Å². The molecule has 1 unspecified atom stereocenters. The first-order chi connectivity index (χ1) is 13.4. The number of hydrogen-bond donors (Lipinski definition) is 0. The first-order valence-electron chi connectivity index (χ1n) is 8.82. The van der Waals surface area contributed by atoms with Crippen LogP contribution in [0.5, 0.6) is 5.75 Å². The van der Waals surface area contributed by atoms with Crippen LogP contribution in [0.2, 0.25) is 0 Å². The van der Waals surface area contributed by atoms with Crippen molar-refractivity contribution in [2.24, 2.45) is 0 Å². The minimum absolute atomic E-state index is 0.154. The number of ketones is 1.